The van der Waals surface area contributed by atoms with Gasteiger partial charge in [0, 0.05) is 68.1 Å². The second-order valence-corrected chi connectivity index (χ2v) is 15.2. The van der Waals surface area contributed by atoms with Crippen molar-refractivity contribution in [3.05, 3.63) is 47.7 Å². The summed E-state index contributed by atoms with van der Waals surface area (Å²) in [6, 6.07) is 6.10. The number of pyridine rings is 1. The van der Waals surface area contributed by atoms with Crippen molar-refractivity contribution in [1.82, 2.24) is 19.9 Å². The number of rotatable bonds is 7. The number of aromatic nitrogens is 3. The van der Waals surface area contributed by atoms with E-state index in [1.165, 1.54) is 24.3 Å². The van der Waals surface area contributed by atoms with Crippen LogP contribution in [0.2, 0.25) is 0 Å². The van der Waals surface area contributed by atoms with Gasteiger partial charge in [-0.3, -0.25) is 9.88 Å². The number of phenolic OH excluding ortho intramolecular Hbond substituents is 1. The minimum absolute atomic E-state index is 0.0292. The number of terminal acetylenes is 1. The van der Waals surface area contributed by atoms with Gasteiger partial charge in [-0.05, 0) is 80.5 Å². The molecule has 11 heteroatoms. The molecule has 2 unspecified atom stereocenters. The Morgan fingerprint density at radius 2 is 1.82 bits per heavy atom. The van der Waals surface area contributed by atoms with Gasteiger partial charge in [0.2, 0.25) is 0 Å². The van der Waals surface area contributed by atoms with Crippen LogP contribution in [-0.4, -0.2) is 90.2 Å². The summed E-state index contributed by atoms with van der Waals surface area (Å²) >= 11 is 0. The van der Waals surface area contributed by atoms with Crippen LogP contribution in [0.25, 0.3) is 32.9 Å². The van der Waals surface area contributed by atoms with Crippen molar-refractivity contribution in [3.63, 3.8) is 0 Å². The van der Waals surface area contributed by atoms with Gasteiger partial charge in [-0.15, -0.1) is 6.42 Å². The fraction of sp³-hybridized carbons (Fsp3) is 0.525. The van der Waals surface area contributed by atoms with E-state index in [4.69, 9.17) is 30.6 Å². The standard InChI is InChI=1S/C40H45F2N5O4/c1-3-28-31(41)9-8-26-21-27(48)22-29(33(26)28)35-34(42)36-30(23-43-35)37(46-15-6-17-49-20-16-46)45-38(44-36)51-25-40-10-4-7-32(40)47(14-5-11-40)24-39(2)12-18-50-19-13-39/h1,8-9,21-23,32,48H,4-7,10-20,24-25H2,2H3. The maximum absolute atomic E-state index is 17.0. The predicted molar refractivity (Wildman–Crippen MR) is 192 cm³/mol. The number of nitrogens with zero attached hydrogens (tertiary/aromatic N) is 5. The number of ether oxygens (including phenoxy) is 3. The minimum atomic E-state index is -0.725. The third-order valence-electron chi connectivity index (χ3n) is 11.8. The van der Waals surface area contributed by atoms with Gasteiger partial charge in [-0.1, -0.05) is 25.3 Å². The minimum Gasteiger partial charge on any atom is -0.508 e. The van der Waals surface area contributed by atoms with Crippen LogP contribution in [-0.2, 0) is 9.47 Å². The molecule has 5 heterocycles. The van der Waals surface area contributed by atoms with E-state index in [0.29, 0.717) is 60.9 Å². The summed E-state index contributed by atoms with van der Waals surface area (Å²) < 4.78 is 49.9. The number of hydrogen-bond acceptors (Lipinski definition) is 9. The van der Waals surface area contributed by atoms with E-state index in [1.807, 2.05) is 0 Å². The van der Waals surface area contributed by atoms with E-state index in [0.717, 1.165) is 77.7 Å². The summed E-state index contributed by atoms with van der Waals surface area (Å²) in [6.45, 7) is 9.03. The van der Waals surface area contributed by atoms with E-state index in [-0.39, 0.29) is 44.9 Å². The molecule has 51 heavy (non-hydrogen) atoms. The van der Waals surface area contributed by atoms with Gasteiger partial charge in [-0.2, -0.15) is 9.97 Å². The van der Waals surface area contributed by atoms with Crippen molar-refractivity contribution in [2.24, 2.45) is 10.8 Å². The second-order valence-electron chi connectivity index (χ2n) is 15.2. The Labute approximate surface area is 297 Å². The van der Waals surface area contributed by atoms with Crippen molar-refractivity contribution < 1.29 is 28.1 Å². The quantitative estimate of drug-likeness (QED) is 0.208. The highest BCUT2D eigenvalue weighted by Crippen LogP contribution is 2.49. The van der Waals surface area contributed by atoms with Crippen molar-refractivity contribution >= 4 is 27.5 Å². The third-order valence-corrected chi connectivity index (χ3v) is 11.8. The van der Waals surface area contributed by atoms with E-state index >= 15 is 4.39 Å². The Balaban J connectivity index is 1.18. The lowest BCUT2D eigenvalue weighted by atomic mass is 9.73. The van der Waals surface area contributed by atoms with Crippen molar-refractivity contribution in [3.8, 4) is 35.4 Å². The molecule has 4 fully saturated rings. The van der Waals surface area contributed by atoms with Crippen LogP contribution in [0.15, 0.2) is 30.5 Å². The third kappa shape index (κ3) is 6.36. The number of anilines is 1. The molecule has 2 aromatic carbocycles. The van der Waals surface area contributed by atoms with Gasteiger partial charge >= 0.3 is 6.01 Å². The normalized spacial score (nSPS) is 24.0. The Bertz CT molecular complexity index is 1990. The summed E-state index contributed by atoms with van der Waals surface area (Å²) in [5.74, 6) is 1.48. The van der Waals surface area contributed by atoms with Crippen molar-refractivity contribution in [1.29, 1.82) is 0 Å². The number of hydrogen-bond donors (Lipinski definition) is 1. The molecular weight excluding hydrogens is 652 g/mol. The lowest BCUT2D eigenvalue weighted by molar-refractivity contribution is -0.0453. The Kier molecular flexibility index (Phi) is 9.19. The molecule has 4 aromatic rings. The maximum atomic E-state index is 17.0. The number of piperidine rings is 1. The van der Waals surface area contributed by atoms with Crippen LogP contribution in [0.3, 0.4) is 0 Å². The zero-order valence-corrected chi connectivity index (χ0v) is 29.2. The molecule has 3 aliphatic heterocycles. The molecule has 3 saturated heterocycles. The summed E-state index contributed by atoms with van der Waals surface area (Å²) in [6.07, 6.45) is 15.7. The van der Waals surface area contributed by atoms with Crippen LogP contribution in [0, 0.1) is 34.8 Å². The van der Waals surface area contributed by atoms with Gasteiger partial charge in [-0.25, -0.2) is 8.78 Å². The smallest absolute Gasteiger partial charge is 0.319 e. The molecule has 4 aliphatic rings. The van der Waals surface area contributed by atoms with Crippen molar-refractivity contribution in [2.75, 3.05) is 64.1 Å². The van der Waals surface area contributed by atoms with Crippen LogP contribution in [0.4, 0.5) is 14.6 Å². The highest BCUT2D eigenvalue weighted by atomic mass is 19.1. The topological polar surface area (TPSA) is 93.1 Å². The lowest BCUT2D eigenvalue weighted by Crippen LogP contribution is -2.55. The summed E-state index contributed by atoms with van der Waals surface area (Å²) in [4.78, 5) is 19.0. The SMILES string of the molecule is C#Cc1c(F)ccc2cc(O)cc(-c3ncc4c(N5CCCOCC5)nc(OCC56CCCC5N(CC5(C)CCOCC5)CCC6)nc4c3F)c12. The van der Waals surface area contributed by atoms with Gasteiger partial charge in [0.15, 0.2) is 5.82 Å². The molecular formula is C40H45F2N5O4. The molecule has 8 rings (SSSR count). The highest BCUT2D eigenvalue weighted by molar-refractivity contribution is 6.03. The van der Waals surface area contributed by atoms with E-state index < -0.39 is 11.6 Å². The number of phenols is 1. The molecule has 2 atom stereocenters. The molecule has 2 aromatic heterocycles. The van der Waals surface area contributed by atoms with Gasteiger partial charge < -0.3 is 24.2 Å². The zero-order valence-electron chi connectivity index (χ0n) is 29.2. The summed E-state index contributed by atoms with van der Waals surface area (Å²) in [5.41, 5.74) is 0.300. The molecule has 1 aliphatic carbocycles. The average Bonchev–Trinajstić information content (AvgIpc) is 3.38. The van der Waals surface area contributed by atoms with Crippen LogP contribution >= 0.6 is 0 Å². The first-order chi connectivity index (χ1) is 24.8. The molecule has 0 spiro atoms. The highest BCUT2D eigenvalue weighted by Gasteiger charge is 2.49. The average molecular weight is 698 g/mol. The Hall–Kier alpha value is -4.11. The summed E-state index contributed by atoms with van der Waals surface area (Å²) in [5, 5.41) is 11.8. The van der Waals surface area contributed by atoms with Crippen molar-refractivity contribution in [2.45, 2.75) is 64.3 Å². The first-order valence-corrected chi connectivity index (χ1v) is 18.3. The molecule has 0 bridgehead atoms. The monoisotopic (exact) mass is 697 g/mol. The number of aromatic hydroxyl groups is 1. The van der Waals surface area contributed by atoms with Gasteiger partial charge in [0.25, 0.3) is 0 Å². The first-order valence-electron chi connectivity index (χ1n) is 18.3. The Morgan fingerprint density at radius 3 is 2.67 bits per heavy atom. The zero-order chi connectivity index (χ0) is 35.2. The molecule has 1 N–H and O–H groups in total. The molecule has 268 valence electrons. The number of likely N-dealkylation sites (tertiary alicyclic amines) is 1. The maximum Gasteiger partial charge on any atom is 0.319 e. The Morgan fingerprint density at radius 1 is 1.00 bits per heavy atom. The fourth-order valence-electron chi connectivity index (χ4n) is 9.15. The number of halogens is 2. The van der Waals surface area contributed by atoms with Gasteiger partial charge in [0.05, 0.1) is 24.2 Å². The number of benzene rings is 2. The molecule has 1 saturated carbocycles. The molecule has 9 nitrogen and oxygen atoms in total. The van der Waals surface area contributed by atoms with E-state index in [9.17, 15) is 9.50 Å². The largest absolute Gasteiger partial charge is 0.508 e. The lowest BCUT2D eigenvalue weighted by Gasteiger charge is -2.49. The van der Waals surface area contributed by atoms with Crippen LogP contribution in [0.5, 0.6) is 11.8 Å². The van der Waals surface area contributed by atoms with E-state index in [2.05, 4.69) is 27.6 Å². The predicted octanol–water partition coefficient (Wildman–Crippen LogP) is 6.87. The molecule has 0 radical (unpaired) electrons. The first kappa shape index (κ1) is 34.0. The summed E-state index contributed by atoms with van der Waals surface area (Å²) in [7, 11) is 0. The second kappa shape index (κ2) is 13.8. The van der Waals surface area contributed by atoms with Crippen LogP contribution in [0.1, 0.15) is 63.9 Å². The van der Waals surface area contributed by atoms with Crippen LogP contribution < -0.4 is 9.64 Å². The number of fused-ring (bicyclic) bond motifs is 3. The van der Waals surface area contributed by atoms with E-state index in [1.54, 1.807) is 6.20 Å². The molecule has 0 amide bonds. The fourth-order valence-corrected chi connectivity index (χ4v) is 9.15. The van der Waals surface area contributed by atoms with Gasteiger partial charge in [0.1, 0.15) is 28.6 Å².